The van der Waals surface area contributed by atoms with E-state index in [1.807, 2.05) is 4.90 Å². The summed E-state index contributed by atoms with van der Waals surface area (Å²) in [6, 6.07) is 0. The molecule has 1 aliphatic heterocycles. The molecule has 13 heavy (non-hydrogen) atoms. The monoisotopic (exact) mass is 184 g/mol. The second-order valence-electron chi connectivity index (χ2n) is 4.33. The first-order chi connectivity index (χ1) is 6.13. The number of hydrogen-bond acceptors (Lipinski definition) is 2. The SMILES string of the molecule is CC(C)CC(=O)N1CCC(CN)C1. The molecule has 1 unspecified atom stereocenters. The lowest BCUT2D eigenvalue weighted by Crippen LogP contribution is -2.30. The minimum atomic E-state index is 0.297. The highest BCUT2D eigenvalue weighted by Gasteiger charge is 2.24. The van der Waals surface area contributed by atoms with E-state index in [-0.39, 0.29) is 0 Å². The van der Waals surface area contributed by atoms with E-state index in [1.54, 1.807) is 0 Å². The van der Waals surface area contributed by atoms with Crippen LogP contribution < -0.4 is 5.73 Å². The molecule has 3 nitrogen and oxygen atoms in total. The number of likely N-dealkylation sites (tertiary alicyclic amines) is 1. The van der Waals surface area contributed by atoms with E-state index >= 15 is 0 Å². The van der Waals surface area contributed by atoms with Crippen molar-refractivity contribution in [2.24, 2.45) is 17.6 Å². The van der Waals surface area contributed by atoms with E-state index in [0.717, 1.165) is 19.5 Å². The zero-order chi connectivity index (χ0) is 9.84. The van der Waals surface area contributed by atoms with E-state index < -0.39 is 0 Å². The number of carbonyl (C=O) groups excluding carboxylic acids is 1. The Hall–Kier alpha value is -0.570. The average Bonchev–Trinajstić information content (AvgIpc) is 2.50. The van der Waals surface area contributed by atoms with Crippen LogP contribution in [0.5, 0.6) is 0 Å². The van der Waals surface area contributed by atoms with Gasteiger partial charge in [-0.3, -0.25) is 4.79 Å². The molecule has 1 aliphatic rings. The normalized spacial score (nSPS) is 22.8. The summed E-state index contributed by atoms with van der Waals surface area (Å²) < 4.78 is 0. The zero-order valence-electron chi connectivity index (χ0n) is 8.62. The van der Waals surface area contributed by atoms with Gasteiger partial charge >= 0.3 is 0 Å². The Morgan fingerprint density at radius 2 is 2.31 bits per heavy atom. The molecule has 1 heterocycles. The van der Waals surface area contributed by atoms with Gasteiger partial charge in [0, 0.05) is 19.5 Å². The topological polar surface area (TPSA) is 46.3 Å². The predicted octanol–water partition coefficient (Wildman–Crippen LogP) is 0.840. The second-order valence-corrected chi connectivity index (χ2v) is 4.33. The zero-order valence-corrected chi connectivity index (χ0v) is 8.62. The molecule has 0 aromatic carbocycles. The summed E-state index contributed by atoms with van der Waals surface area (Å²) >= 11 is 0. The van der Waals surface area contributed by atoms with Crippen LogP contribution in [-0.2, 0) is 4.79 Å². The van der Waals surface area contributed by atoms with Crippen LogP contribution in [0.15, 0.2) is 0 Å². The van der Waals surface area contributed by atoms with Crippen molar-refractivity contribution in [2.45, 2.75) is 26.7 Å². The lowest BCUT2D eigenvalue weighted by atomic mass is 10.1. The molecule has 1 saturated heterocycles. The van der Waals surface area contributed by atoms with E-state index in [2.05, 4.69) is 13.8 Å². The molecule has 0 radical (unpaired) electrons. The average molecular weight is 184 g/mol. The number of nitrogens with two attached hydrogens (primary N) is 1. The van der Waals surface area contributed by atoms with Gasteiger partial charge < -0.3 is 10.6 Å². The maximum Gasteiger partial charge on any atom is 0.222 e. The van der Waals surface area contributed by atoms with Crippen molar-refractivity contribution in [1.82, 2.24) is 4.90 Å². The highest BCUT2D eigenvalue weighted by atomic mass is 16.2. The van der Waals surface area contributed by atoms with Gasteiger partial charge in [0.15, 0.2) is 0 Å². The highest BCUT2D eigenvalue weighted by molar-refractivity contribution is 5.76. The number of hydrogen-bond donors (Lipinski definition) is 1. The van der Waals surface area contributed by atoms with Crippen LogP contribution in [0.2, 0.25) is 0 Å². The summed E-state index contributed by atoms with van der Waals surface area (Å²) in [6.45, 7) is 6.66. The maximum atomic E-state index is 11.6. The molecule has 0 bridgehead atoms. The van der Waals surface area contributed by atoms with E-state index in [1.165, 1.54) is 0 Å². The summed E-state index contributed by atoms with van der Waals surface area (Å²) in [7, 11) is 0. The lowest BCUT2D eigenvalue weighted by Gasteiger charge is -2.17. The summed E-state index contributed by atoms with van der Waals surface area (Å²) in [6.07, 6.45) is 1.76. The first-order valence-electron chi connectivity index (χ1n) is 5.11. The fraction of sp³-hybridized carbons (Fsp3) is 0.900. The minimum absolute atomic E-state index is 0.297. The molecular formula is C10H20N2O. The Morgan fingerprint density at radius 1 is 1.62 bits per heavy atom. The molecular weight excluding hydrogens is 164 g/mol. The van der Waals surface area contributed by atoms with Gasteiger partial charge in [0.25, 0.3) is 0 Å². The van der Waals surface area contributed by atoms with Crippen molar-refractivity contribution >= 4 is 5.91 Å². The largest absolute Gasteiger partial charge is 0.342 e. The van der Waals surface area contributed by atoms with Crippen LogP contribution in [0.4, 0.5) is 0 Å². The Morgan fingerprint density at radius 3 is 2.77 bits per heavy atom. The first-order valence-corrected chi connectivity index (χ1v) is 5.11. The van der Waals surface area contributed by atoms with Crippen molar-refractivity contribution in [2.75, 3.05) is 19.6 Å². The van der Waals surface area contributed by atoms with Crippen molar-refractivity contribution in [3.8, 4) is 0 Å². The van der Waals surface area contributed by atoms with E-state index in [9.17, 15) is 4.79 Å². The number of amides is 1. The summed E-state index contributed by atoms with van der Waals surface area (Å²) in [5.74, 6) is 1.30. The molecule has 1 atom stereocenters. The first kappa shape index (κ1) is 10.5. The van der Waals surface area contributed by atoms with Crippen molar-refractivity contribution in [3.63, 3.8) is 0 Å². The lowest BCUT2D eigenvalue weighted by molar-refractivity contribution is -0.131. The second kappa shape index (κ2) is 4.61. The van der Waals surface area contributed by atoms with Crippen molar-refractivity contribution < 1.29 is 4.79 Å². The van der Waals surface area contributed by atoms with Crippen LogP contribution in [0.25, 0.3) is 0 Å². The molecule has 76 valence electrons. The van der Waals surface area contributed by atoms with Crippen LogP contribution in [0.3, 0.4) is 0 Å². The molecule has 0 aromatic rings. The smallest absolute Gasteiger partial charge is 0.222 e. The van der Waals surface area contributed by atoms with Gasteiger partial charge in [-0.15, -0.1) is 0 Å². The molecule has 0 aromatic heterocycles. The van der Waals surface area contributed by atoms with Crippen molar-refractivity contribution in [3.05, 3.63) is 0 Å². The number of rotatable bonds is 3. The van der Waals surface area contributed by atoms with Gasteiger partial charge in [-0.05, 0) is 24.8 Å². The summed E-state index contributed by atoms with van der Waals surface area (Å²) in [4.78, 5) is 13.6. The Bertz CT molecular complexity index is 180. The Kier molecular flexibility index (Phi) is 3.72. The van der Waals surface area contributed by atoms with Crippen LogP contribution in [0.1, 0.15) is 26.7 Å². The molecule has 2 N–H and O–H groups in total. The number of nitrogens with zero attached hydrogens (tertiary/aromatic N) is 1. The molecule has 3 heteroatoms. The van der Waals surface area contributed by atoms with Crippen molar-refractivity contribution in [1.29, 1.82) is 0 Å². The van der Waals surface area contributed by atoms with E-state index in [0.29, 0.717) is 30.7 Å². The molecule has 0 spiro atoms. The van der Waals surface area contributed by atoms with Gasteiger partial charge in [-0.25, -0.2) is 0 Å². The van der Waals surface area contributed by atoms with Crippen LogP contribution >= 0.6 is 0 Å². The Balaban J connectivity index is 2.33. The fourth-order valence-corrected chi connectivity index (χ4v) is 1.73. The van der Waals surface area contributed by atoms with Gasteiger partial charge in [0.05, 0.1) is 0 Å². The van der Waals surface area contributed by atoms with Crippen LogP contribution in [-0.4, -0.2) is 30.4 Å². The molecule has 0 saturated carbocycles. The predicted molar refractivity (Wildman–Crippen MR) is 53.2 cm³/mol. The quantitative estimate of drug-likeness (QED) is 0.706. The fourth-order valence-electron chi connectivity index (χ4n) is 1.73. The van der Waals surface area contributed by atoms with E-state index in [4.69, 9.17) is 5.73 Å². The molecule has 0 aliphatic carbocycles. The third kappa shape index (κ3) is 2.99. The van der Waals surface area contributed by atoms with Gasteiger partial charge in [-0.2, -0.15) is 0 Å². The van der Waals surface area contributed by atoms with Crippen LogP contribution in [0, 0.1) is 11.8 Å². The van der Waals surface area contributed by atoms with Gasteiger partial charge in [0.2, 0.25) is 5.91 Å². The summed E-state index contributed by atoms with van der Waals surface area (Å²) in [5.41, 5.74) is 5.56. The molecule has 1 fully saturated rings. The Labute approximate surface area is 80.3 Å². The summed E-state index contributed by atoms with van der Waals surface area (Å²) in [5, 5.41) is 0. The maximum absolute atomic E-state index is 11.6. The van der Waals surface area contributed by atoms with Gasteiger partial charge in [-0.1, -0.05) is 13.8 Å². The van der Waals surface area contributed by atoms with Gasteiger partial charge in [0.1, 0.15) is 0 Å². The third-order valence-electron chi connectivity index (χ3n) is 2.55. The highest BCUT2D eigenvalue weighted by Crippen LogP contribution is 2.16. The molecule has 1 amide bonds. The minimum Gasteiger partial charge on any atom is -0.342 e. The molecule has 1 rings (SSSR count). The standard InChI is InChI=1S/C10H20N2O/c1-8(2)5-10(13)12-4-3-9(6-11)7-12/h8-9H,3-7,11H2,1-2H3. The number of carbonyl (C=O) groups is 1. The third-order valence-corrected chi connectivity index (χ3v) is 2.55.